The number of aliphatic hydroxyl groups excluding tert-OH is 1. The van der Waals surface area contributed by atoms with Crippen molar-refractivity contribution in [3.63, 3.8) is 0 Å². The standard InChI is InChI=1S/C12H20N2OS/c1-10-7-11(13)9-12(8-10)14-3-6-16-5-2-4-15/h7-9,14-15H,2-6,13H2,1H3. The molecule has 0 saturated carbocycles. The monoisotopic (exact) mass is 240 g/mol. The fourth-order valence-corrected chi connectivity index (χ4v) is 2.23. The van der Waals surface area contributed by atoms with Crippen LogP contribution in [-0.4, -0.2) is 29.8 Å². The lowest BCUT2D eigenvalue weighted by atomic mass is 10.2. The molecule has 0 spiro atoms. The van der Waals surface area contributed by atoms with Crippen LogP contribution in [-0.2, 0) is 0 Å². The number of nitrogens with one attached hydrogen (secondary N) is 1. The first-order valence-corrected chi connectivity index (χ1v) is 6.67. The summed E-state index contributed by atoms with van der Waals surface area (Å²) in [7, 11) is 0. The second-order valence-corrected chi connectivity index (χ2v) is 4.97. The van der Waals surface area contributed by atoms with Gasteiger partial charge in [-0.2, -0.15) is 11.8 Å². The summed E-state index contributed by atoms with van der Waals surface area (Å²) in [6.07, 6.45) is 0.877. The van der Waals surface area contributed by atoms with Gasteiger partial charge in [0.25, 0.3) is 0 Å². The van der Waals surface area contributed by atoms with E-state index < -0.39 is 0 Å². The van der Waals surface area contributed by atoms with E-state index in [4.69, 9.17) is 10.8 Å². The number of aryl methyl sites for hydroxylation is 1. The molecule has 0 saturated heterocycles. The number of nitrogens with two attached hydrogens (primary N) is 1. The summed E-state index contributed by atoms with van der Waals surface area (Å²) < 4.78 is 0. The summed E-state index contributed by atoms with van der Waals surface area (Å²) >= 11 is 1.85. The van der Waals surface area contributed by atoms with Gasteiger partial charge >= 0.3 is 0 Å². The molecule has 0 heterocycles. The number of aliphatic hydroxyl groups is 1. The first-order valence-electron chi connectivity index (χ1n) is 5.52. The number of thioether (sulfide) groups is 1. The Balaban J connectivity index is 2.21. The molecule has 0 aliphatic heterocycles. The fraction of sp³-hybridized carbons (Fsp3) is 0.500. The number of hydrogen-bond donors (Lipinski definition) is 3. The molecule has 0 aromatic heterocycles. The van der Waals surface area contributed by atoms with Gasteiger partial charge in [0, 0.05) is 30.3 Å². The highest BCUT2D eigenvalue weighted by Crippen LogP contribution is 2.15. The maximum Gasteiger partial charge on any atom is 0.0438 e. The minimum Gasteiger partial charge on any atom is -0.399 e. The van der Waals surface area contributed by atoms with Gasteiger partial charge in [-0.3, -0.25) is 0 Å². The van der Waals surface area contributed by atoms with Gasteiger partial charge in [-0.15, -0.1) is 0 Å². The Hall–Kier alpha value is -0.870. The molecule has 1 aromatic rings. The topological polar surface area (TPSA) is 58.3 Å². The van der Waals surface area contributed by atoms with E-state index in [2.05, 4.69) is 11.4 Å². The highest BCUT2D eigenvalue weighted by Gasteiger charge is 1.95. The summed E-state index contributed by atoms with van der Waals surface area (Å²) in [5.41, 5.74) is 8.82. The molecule has 16 heavy (non-hydrogen) atoms. The average molecular weight is 240 g/mol. The molecule has 0 aliphatic rings. The van der Waals surface area contributed by atoms with E-state index >= 15 is 0 Å². The molecule has 4 N–H and O–H groups in total. The Morgan fingerprint density at radius 2 is 2.12 bits per heavy atom. The van der Waals surface area contributed by atoms with Crippen LogP contribution >= 0.6 is 11.8 Å². The fourth-order valence-electron chi connectivity index (χ4n) is 1.45. The first-order chi connectivity index (χ1) is 7.72. The second-order valence-electron chi connectivity index (χ2n) is 3.75. The van der Waals surface area contributed by atoms with Crippen LogP contribution in [0.3, 0.4) is 0 Å². The smallest absolute Gasteiger partial charge is 0.0438 e. The molecular weight excluding hydrogens is 220 g/mol. The van der Waals surface area contributed by atoms with Crippen LogP contribution in [0.5, 0.6) is 0 Å². The highest BCUT2D eigenvalue weighted by molar-refractivity contribution is 7.99. The van der Waals surface area contributed by atoms with Gasteiger partial charge in [0.15, 0.2) is 0 Å². The number of anilines is 2. The summed E-state index contributed by atoms with van der Waals surface area (Å²) in [4.78, 5) is 0. The normalized spacial score (nSPS) is 10.4. The van der Waals surface area contributed by atoms with Crippen LogP contribution in [0, 0.1) is 6.92 Å². The third-order valence-electron chi connectivity index (χ3n) is 2.12. The predicted molar refractivity (Wildman–Crippen MR) is 73.1 cm³/mol. The lowest BCUT2D eigenvalue weighted by Crippen LogP contribution is -2.05. The molecular formula is C12H20N2OS. The third kappa shape index (κ3) is 5.28. The van der Waals surface area contributed by atoms with E-state index in [1.54, 1.807) is 0 Å². The van der Waals surface area contributed by atoms with Crippen molar-refractivity contribution in [2.75, 3.05) is 35.7 Å². The Kier molecular flexibility index (Phi) is 6.11. The summed E-state index contributed by atoms with van der Waals surface area (Å²) in [5.74, 6) is 2.07. The quantitative estimate of drug-likeness (QED) is 0.504. The van der Waals surface area contributed by atoms with Gasteiger partial charge in [0.2, 0.25) is 0 Å². The molecule has 0 amide bonds. The second kappa shape index (κ2) is 7.41. The number of nitrogen functional groups attached to an aromatic ring is 1. The molecule has 0 aliphatic carbocycles. The zero-order chi connectivity index (χ0) is 11.8. The van der Waals surface area contributed by atoms with Crippen molar-refractivity contribution in [1.29, 1.82) is 0 Å². The van der Waals surface area contributed by atoms with Crippen LogP contribution in [0.25, 0.3) is 0 Å². The number of hydrogen-bond acceptors (Lipinski definition) is 4. The van der Waals surface area contributed by atoms with E-state index in [0.717, 1.165) is 35.8 Å². The molecule has 0 atom stereocenters. The molecule has 0 fully saturated rings. The van der Waals surface area contributed by atoms with Gasteiger partial charge in [-0.05, 0) is 42.9 Å². The van der Waals surface area contributed by atoms with Crippen LogP contribution in [0.1, 0.15) is 12.0 Å². The van der Waals surface area contributed by atoms with Crippen molar-refractivity contribution in [1.82, 2.24) is 0 Å². The van der Waals surface area contributed by atoms with Crippen LogP contribution in [0.15, 0.2) is 18.2 Å². The molecule has 0 unspecified atom stereocenters. The van der Waals surface area contributed by atoms with Crippen molar-refractivity contribution < 1.29 is 5.11 Å². The van der Waals surface area contributed by atoms with Crippen LogP contribution in [0.2, 0.25) is 0 Å². The zero-order valence-corrected chi connectivity index (χ0v) is 10.5. The van der Waals surface area contributed by atoms with Gasteiger partial charge < -0.3 is 16.2 Å². The molecule has 4 heteroatoms. The molecule has 1 aromatic carbocycles. The van der Waals surface area contributed by atoms with Crippen molar-refractivity contribution >= 4 is 23.1 Å². The van der Waals surface area contributed by atoms with Gasteiger partial charge in [-0.1, -0.05) is 0 Å². The number of benzene rings is 1. The minimum atomic E-state index is 0.287. The van der Waals surface area contributed by atoms with E-state index in [1.165, 1.54) is 5.56 Å². The largest absolute Gasteiger partial charge is 0.399 e. The molecule has 0 bridgehead atoms. The Morgan fingerprint density at radius 3 is 2.81 bits per heavy atom. The van der Waals surface area contributed by atoms with Crippen molar-refractivity contribution in [2.45, 2.75) is 13.3 Å². The van der Waals surface area contributed by atoms with E-state index in [1.807, 2.05) is 30.8 Å². The van der Waals surface area contributed by atoms with E-state index in [0.29, 0.717) is 0 Å². The Bertz CT molecular complexity index is 298. The van der Waals surface area contributed by atoms with Gasteiger partial charge in [0.1, 0.15) is 0 Å². The maximum atomic E-state index is 8.62. The van der Waals surface area contributed by atoms with Gasteiger partial charge in [-0.25, -0.2) is 0 Å². The average Bonchev–Trinajstić information content (AvgIpc) is 2.22. The van der Waals surface area contributed by atoms with Crippen molar-refractivity contribution in [2.24, 2.45) is 0 Å². The summed E-state index contributed by atoms with van der Waals surface area (Å²) in [5, 5.41) is 12.0. The highest BCUT2D eigenvalue weighted by atomic mass is 32.2. The minimum absolute atomic E-state index is 0.287. The number of rotatable bonds is 7. The zero-order valence-electron chi connectivity index (χ0n) is 9.70. The lowest BCUT2D eigenvalue weighted by Gasteiger charge is -2.08. The van der Waals surface area contributed by atoms with E-state index in [-0.39, 0.29) is 6.61 Å². The molecule has 90 valence electrons. The van der Waals surface area contributed by atoms with Crippen molar-refractivity contribution in [3.05, 3.63) is 23.8 Å². The van der Waals surface area contributed by atoms with Gasteiger partial charge in [0.05, 0.1) is 0 Å². The predicted octanol–water partition coefficient (Wildman–Crippen LogP) is 2.10. The lowest BCUT2D eigenvalue weighted by molar-refractivity contribution is 0.296. The summed E-state index contributed by atoms with van der Waals surface area (Å²) in [6.45, 7) is 3.26. The van der Waals surface area contributed by atoms with Crippen LogP contribution in [0.4, 0.5) is 11.4 Å². The third-order valence-corrected chi connectivity index (χ3v) is 3.19. The molecule has 3 nitrogen and oxygen atoms in total. The first kappa shape index (κ1) is 13.2. The molecule has 0 radical (unpaired) electrons. The van der Waals surface area contributed by atoms with E-state index in [9.17, 15) is 0 Å². The Labute approximate surface area is 101 Å². The SMILES string of the molecule is Cc1cc(N)cc(NCCSCCCO)c1. The van der Waals surface area contributed by atoms with Crippen LogP contribution < -0.4 is 11.1 Å². The van der Waals surface area contributed by atoms with Crippen molar-refractivity contribution in [3.8, 4) is 0 Å². The Morgan fingerprint density at radius 1 is 1.31 bits per heavy atom. The maximum absolute atomic E-state index is 8.62. The molecule has 1 rings (SSSR count). The summed E-state index contributed by atoms with van der Waals surface area (Å²) in [6, 6.07) is 6.00.